The van der Waals surface area contributed by atoms with Crippen LogP contribution in [0.3, 0.4) is 0 Å². The lowest BCUT2D eigenvalue weighted by atomic mass is 9.98. The number of nitrogens with one attached hydrogen (secondary N) is 1. The molecule has 0 spiro atoms. The number of hydrogen-bond donors (Lipinski definition) is 1. The first-order valence-corrected chi connectivity index (χ1v) is 9.65. The Morgan fingerprint density at radius 2 is 2.00 bits per heavy atom. The van der Waals surface area contributed by atoms with Gasteiger partial charge in [-0.1, -0.05) is 13.3 Å². The summed E-state index contributed by atoms with van der Waals surface area (Å²) in [5, 5.41) is 1.00. The van der Waals surface area contributed by atoms with Crippen LogP contribution in [0.4, 0.5) is 0 Å². The minimum absolute atomic E-state index is 0.0966. The minimum atomic E-state index is -3.19. The van der Waals surface area contributed by atoms with Gasteiger partial charge in [0.1, 0.15) is 0 Å². The van der Waals surface area contributed by atoms with Crippen molar-refractivity contribution in [2.75, 3.05) is 12.3 Å². The Kier molecular flexibility index (Phi) is 4.29. The number of aromatic amines is 1. The summed E-state index contributed by atoms with van der Waals surface area (Å²) in [4.78, 5) is 14.7. The Morgan fingerprint density at radius 1 is 1.22 bits per heavy atom. The molecule has 0 radical (unpaired) electrons. The fourth-order valence-corrected chi connectivity index (χ4v) is 4.66. The number of nitrogens with zero attached hydrogens (tertiary/aromatic N) is 1. The molecule has 5 nitrogen and oxygen atoms in total. The van der Waals surface area contributed by atoms with Crippen LogP contribution >= 0.6 is 0 Å². The quantitative estimate of drug-likeness (QED) is 0.933. The maximum atomic E-state index is 12.4. The number of aryl methyl sites for hydroxylation is 1. The second kappa shape index (κ2) is 6.09. The largest absolute Gasteiger partial charge is 0.322 e. The Hall–Kier alpha value is -1.66. The lowest BCUT2D eigenvalue weighted by Gasteiger charge is -2.28. The summed E-state index contributed by atoms with van der Waals surface area (Å²) in [6.45, 7) is 4.71. The smallest absolute Gasteiger partial charge is 0.251 e. The number of rotatable bonds is 4. The van der Waals surface area contributed by atoms with Gasteiger partial charge in [-0.2, -0.15) is 4.31 Å². The summed E-state index contributed by atoms with van der Waals surface area (Å²) >= 11 is 0. The molecule has 2 heterocycles. The van der Waals surface area contributed by atoms with E-state index in [0.29, 0.717) is 25.1 Å². The zero-order chi connectivity index (χ0) is 16.6. The van der Waals surface area contributed by atoms with Gasteiger partial charge in [-0.25, -0.2) is 8.42 Å². The van der Waals surface area contributed by atoms with Crippen molar-refractivity contribution in [3.8, 4) is 0 Å². The summed E-state index contributed by atoms with van der Waals surface area (Å²) in [5.41, 5.74) is 3.53. The summed E-state index contributed by atoms with van der Waals surface area (Å²) in [7, 11) is -3.19. The summed E-state index contributed by atoms with van der Waals surface area (Å²) in [6, 6.07) is 5.88. The summed E-state index contributed by atoms with van der Waals surface area (Å²) < 4.78 is 26.3. The van der Waals surface area contributed by atoms with Gasteiger partial charge in [-0.3, -0.25) is 4.79 Å². The van der Waals surface area contributed by atoms with Gasteiger partial charge < -0.3 is 4.98 Å². The molecule has 0 saturated heterocycles. The lowest BCUT2D eigenvalue weighted by Crippen LogP contribution is -2.37. The van der Waals surface area contributed by atoms with E-state index in [1.807, 2.05) is 19.1 Å². The molecule has 0 saturated carbocycles. The van der Waals surface area contributed by atoms with Gasteiger partial charge in [0.05, 0.1) is 5.75 Å². The fraction of sp³-hybridized carbons (Fsp3) is 0.471. The van der Waals surface area contributed by atoms with E-state index >= 15 is 0 Å². The van der Waals surface area contributed by atoms with Crippen LogP contribution in [0.2, 0.25) is 0 Å². The number of aromatic nitrogens is 1. The molecule has 124 valence electrons. The summed E-state index contributed by atoms with van der Waals surface area (Å²) in [5.74, 6) is 0.211. The first kappa shape index (κ1) is 16.2. The Bertz CT molecular complexity index is 900. The molecule has 2 aromatic rings. The number of pyridine rings is 1. The molecule has 0 atom stereocenters. The van der Waals surface area contributed by atoms with Gasteiger partial charge in [-0.15, -0.1) is 0 Å². The number of H-pyrrole nitrogens is 1. The highest BCUT2D eigenvalue weighted by Gasteiger charge is 2.26. The predicted molar refractivity (Wildman–Crippen MR) is 92.1 cm³/mol. The molecule has 3 rings (SSSR count). The van der Waals surface area contributed by atoms with E-state index in [0.717, 1.165) is 29.3 Å². The van der Waals surface area contributed by atoms with Crippen LogP contribution in [0, 0.1) is 6.92 Å². The monoisotopic (exact) mass is 334 g/mol. The van der Waals surface area contributed by atoms with Crippen LogP contribution in [0.15, 0.2) is 23.0 Å². The third kappa shape index (κ3) is 3.19. The fourth-order valence-electron chi connectivity index (χ4n) is 3.04. The lowest BCUT2D eigenvalue weighted by molar-refractivity contribution is 0.391. The highest BCUT2D eigenvalue weighted by molar-refractivity contribution is 7.89. The van der Waals surface area contributed by atoms with Crippen molar-refractivity contribution in [3.63, 3.8) is 0 Å². The van der Waals surface area contributed by atoms with Gasteiger partial charge in [0, 0.05) is 24.2 Å². The number of unbranched alkanes of at least 4 members (excludes halogenated alkanes) is 1. The Morgan fingerprint density at radius 3 is 2.74 bits per heavy atom. The van der Waals surface area contributed by atoms with E-state index in [4.69, 9.17) is 0 Å². The van der Waals surface area contributed by atoms with Crippen LogP contribution in [0.5, 0.6) is 0 Å². The minimum Gasteiger partial charge on any atom is -0.322 e. The van der Waals surface area contributed by atoms with E-state index in [9.17, 15) is 13.2 Å². The first-order chi connectivity index (χ1) is 10.9. The van der Waals surface area contributed by atoms with Crippen molar-refractivity contribution in [2.45, 2.75) is 39.7 Å². The van der Waals surface area contributed by atoms with Crippen molar-refractivity contribution in [3.05, 3.63) is 45.2 Å². The normalized spacial score (nSPS) is 15.7. The zero-order valence-corrected chi connectivity index (χ0v) is 14.4. The third-order valence-corrected chi connectivity index (χ3v) is 6.38. The maximum absolute atomic E-state index is 12.4. The Labute approximate surface area is 136 Å². The van der Waals surface area contributed by atoms with Crippen LogP contribution in [0.1, 0.15) is 36.5 Å². The molecule has 0 amide bonds. The number of sulfonamides is 1. The van der Waals surface area contributed by atoms with Crippen molar-refractivity contribution >= 4 is 20.9 Å². The zero-order valence-electron chi connectivity index (χ0n) is 13.6. The third-order valence-electron chi connectivity index (χ3n) is 4.48. The van der Waals surface area contributed by atoms with Crippen LogP contribution in [-0.2, 0) is 23.0 Å². The van der Waals surface area contributed by atoms with Gasteiger partial charge in [-0.05, 0) is 54.5 Å². The van der Waals surface area contributed by atoms with Crippen LogP contribution in [0.25, 0.3) is 10.9 Å². The second-order valence-corrected chi connectivity index (χ2v) is 8.33. The average Bonchev–Trinajstić information content (AvgIpc) is 2.52. The standard InChI is InChI=1S/C17H22N2O3S/c1-3-4-7-23(21,22)19-6-5-13-9-14-8-12(2)17(20)18-16(14)10-15(13)11-19/h8-10H,3-7,11H2,1-2H3,(H,18,20). The molecule has 1 N–H and O–H groups in total. The molecular weight excluding hydrogens is 312 g/mol. The van der Waals surface area contributed by atoms with E-state index in [1.54, 1.807) is 11.2 Å². The van der Waals surface area contributed by atoms with Crippen molar-refractivity contribution in [1.82, 2.24) is 9.29 Å². The highest BCUT2D eigenvalue weighted by Crippen LogP contribution is 2.26. The average molecular weight is 334 g/mol. The topological polar surface area (TPSA) is 70.2 Å². The van der Waals surface area contributed by atoms with Crippen molar-refractivity contribution in [2.24, 2.45) is 0 Å². The van der Waals surface area contributed by atoms with Gasteiger partial charge in [0.25, 0.3) is 5.56 Å². The molecular formula is C17H22N2O3S. The van der Waals surface area contributed by atoms with Crippen molar-refractivity contribution < 1.29 is 8.42 Å². The van der Waals surface area contributed by atoms with Gasteiger partial charge in [0.2, 0.25) is 10.0 Å². The number of fused-ring (bicyclic) bond motifs is 2. The molecule has 1 aliphatic rings. The molecule has 1 aromatic carbocycles. The molecule has 23 heavy (non-hydrogen) atoms. The van der Waals surface area contributed by atoms with Gasteiger partial charge >= 0.3 is 0 Å². The molecule has 0 aliphatic carbocycles. The maximum Gasteiger partial charge on any atom is 0.251 e. The highest BCUT2D eigenvalue weighted by atomic mass is 32.2. The molecule has 0 bridgehead atoms. The van der Waals surface area contributed by atoms with E-state index in [1.165, 1.54) is 5.56 Å². The predicted octanol–water partition coefficient (Wildman–Crippen LogP) is 2.32. The van der Waals surface area contributed by atoms with Crippen LogP contribution in [-0.4, -0.2) is 30.0 Å². The molecule has 0 unspecified atom stereocenters. The molecule has 1 aliphatic heterocycles. The summed E-state index contributed by atoms with van der Waals surface area (Å²) in [6.07, 6.45) is 2.28. The van der Waals surface area contributed by atoms with E-state index in [2.05, 4.69) is 11.1 Å². The van der Waals surface area contributed by atoms with E-state index in [-0.39, 0.29) is 11.3 Å². The Balaban J connectivity index is 1.96. The molecule has 0 fully saturated rings. The number of hydrogen-bond acceptors (Lipinski definition) is 3. The van der Waals surface area contributed by atoms with Gasteiger partial charge in [0.15, 0.2) is 0 Å². The van der Waals surface area contributed by atoms with E-state index < -0.39 is 10.0 Å². The SMILES string of the molecule is CCCCS(=O)(=O)N1CCc2cc3cc(C)c(=O)[nH]c3cc2C1. The van der Waals surface area contributed by atoms with Crippen molar-refractivity contribution in [1.29, 1.82) is 0 Å². The van der Waals surface area contributed by atoms with Crippen LogP contribution < -0.4 is 5.56 Å². The number of benzene rings is 1. The molecule has 1 aromatic heterocycles. The second-order valence-electron chi connectivity index (χ2n) is 6.24. The molecule has 6 heteroatoms. The first-order valence-electron chi connectivity index (χ1n) is 8.04.